The Kier molecular flexibility index (Phi) is 81.3. The zero-order valence-corrected chi connectivity index (χ0v) is 76.7. The quantitative estimate of drug-likeness (QED) is 0.0135. The van der Waals surface area contributed by atoms with Crippen LogP contribution in [0, 0.1) is 59.7 Å². The maximum absolute atomic E-state index is 13.7. The second-order valence-corrected chi connectivity index (χ2v) is 30.3. The van der Waals surface area contributed by atoms with Crippen LogP contribution in [-0.4, -0.2) is 329 Å². The van der Waals surface area contributed by atoms with Gasteiger partial charge in [-0.2, -0.15) is 5.53 Å². The number of alkyl halides is 2. The molecule has 0 radical (unpaired) electrons. The van der Waals surface area contributed by atoms with E-state index in [9.17, 15) is 131 Å². The van der Waals surface area contributed by atoms with Gasteiger partial charge >= 0.3 is 47.8 Å². The predicted molar refractivity (Wildman–Crippen MR) is 472 cm³/mol. The molecular formula is C84H140F3N13O35. The summed E-state index contributed by atoms with van der Waals surface area (Å²) in [5.41, 5.74) is 16.2. The minimum absolute atomic E-state index is 0. The molecule has 1 aliphatic rings. The van der Waals surface area contributed by atoms with Crippen LogP contribution in [0.1, 0.15) is 171 Å². The molecule has 51 heteroatoms. The van der Waals surface area contributed by atoms with Gasteiger partial charge in [-0.25, -0.2) is 0 Å². The second kappa shape index (κ2) is 83.1. The number of hydrogen-bond donors (Lipinski definition) is 18. The number of carboxylic acid groups (broad SMARTS) is 8. The molecular weight excluding hydrogens is 1810 g/mol. The molecule has 0 bridgehead atoms. The van der Waals surface area contributed by atoms with Crippen LogP contribution in [0.15, 0.2) is 17.0 Å². The Labute approximate surface area is 780 Å². The van der Waals surface area contributed by atoms with Gasteiger partial charge in [-0.15, -0.1) is 12.3 Å². The Morgan fingerprint density at radius 2 is 0.763 bits per heavy atom. The first-order valence-electron chi connectivity index (χ1n) is 43.0. The first-order valence-corrected chi connectivity index (χ1v) is 43.0. The first kappa shape index (κ1) is 132. The molecule has 0 unspecified atom stereocenters. The van der Waals surface area contributed by atoms with Crippen molar-refractivity contribution in [2.75, 3.05) is 152 Å². The minimum atomic E-state index is -1.59. The summed E-state index contributed by atoms with van der Waals surface area (Å²) in [6.07, 6.45) is -0.137. The van der Waals surface area contributed by atoms with E-state index < -0.39 is 267 Å². The molecule has 135 heavy (non-hydrogen) atoms. The summed E-state index contributed by atoms with van der Waals surface area (Å²) in [6, 6.07) is -6.08. The van der Waals surface area contributed by atoms with Gasteiger partial charge in [0.25, 0.3) is 0 Å². The molecule has 18 N–H and O–H groups in total. The van der Waals surface area contributed by atoms with Crippen molar-refractivity contribution in [3.63, 3.8) is 0 Å². The van der Waals surface area contributed by atoms with Crippen molar-refractivity contribution in [3.05, 3.63) is 22.3 Å². The van der Waals surface area contributed by atoms with Gasteiger partial charge < -0.3 is 127 Å². The summed E-state index contributed by atoms with van der Waals surface area (Å²) < 4.78 is 63.9. The lowest BCUT2D eigenvalue weighted by atomic mass is 9.86. The monoisotopic (exact) mass is 1950 g/mol. The fraction of sp³-hybridized carbons (Fsp3) is 0.726. The predicted octanol–water partition coefficient (Wildman–Crippen LogP) is 1.58. The summed E-state index contributed by atoms with van der Waals surface area (Å²) >= 11 is 0. The third-order valence-corrected chi connectivity index (χ3v) is 18.5. The number of amides is 6. The Morgan fingerprint density at radius 1 is 0.430 bits per heavy atom. The van der Waals surface area contributed by atoms with E-state index in [2.05, 4.69) is 69.6 Å². The van der Waals surface area contributed by atoms with Gasteiger partial charge in [0, 0.05) is 112 Å². The summed E-state index contributed by atoms with van der Waals surface area (Å²) in [5, 5.41) is 93.9. The zero-order valence-electron chi connectivity index (χ0n) is 76.7. The summed E-state index contributed by atoms with van der Waals surface area (Å²) in [5.74, 6) is -23.9. The number of hydrogen-bond acceptors (Lipinski definition) is 32. The minimum Gasteiger partial charge on any atom is -0.481 e. The fourth-order valence-corrected chi connectivity index (χ4v) is 11.3. The van der Waals surface area contributed by atoms with Crippen LogP contribution in [0.2, 0.25) is 0 Å². The Balaban J connectivity index is -0.000000750. The van der Waals surface area contributed by atoms with Gasteiger partial charge in [-0.05, 0) is 43.1 Å². The molecule has 6 amide bonds. The van der Waals surface area contributed by atoms with Crippen LogP contribution < -0.4 is 53.6 Å². The second-order valence-electron chi connectivity index (χ2n) is 30.3. The number of carboxylic acids is 8. The number of carbonyl (C=O) groups is 19. The van der Waals surface area contributed by atoms with Crippen molar-refractivity contribution < 1.29 is 183 Å². The van der Waals surface area contributed by atoms with Crippen LogP contribution >= 0.6 is 0 Å². The van der Waals surface area contributed by atoms with Gasteiger partial charge in [-0.1, -0.05) is 61.0 Å². The molecule has 48 nitrogen and oxygen atoms in total. The smallest absolute Gasteiger partial charge is 0.305 e. The highest BCUT2D eigenvalue weighted by molar-refractivity contribution is 5.99. The van der Waals surface area contributed by atoms with Crippen LogP contribution in [0.3, 0.4) is 0 Å². The number of halogens is 3. The number of Topliss-reactive ketones (excluding diaryl/α,β-unsaturated/α-hetero) is 5. The molecule has 0 aromatic heterocycles. The van der Waals surface area contributed by atoms with Crippen LogP contribution in [0.25, 0.3) is 10.4 Å². The molecule has 0 aliphatic carbocycles. The number of aliphatic carboxylic acids is 8. The van der Waals surface area contributed by atoms with E-state index in [1.54, 1.807) is 40.8 Å². The number of carbonyl (C=O) groups excluding carboxylic acids is 11. The van der Waals surface area contributed by atoms with Gasteiger partial charge in [0.2, 0.25) is 35.4 Å². The molecule has 772 valence electrons. The average molecular weight is 1950 g/mol. The van der Waals surface area contributed by atoms with Crippen molar-refractivity contribution in [1.82, 2.24) is 53.6 Å². The molecule has 1 rings (SSSR count). The normalized spacial score (nSPS) is 13.3. The van der Waals surface area contributed by atoms with E-state index in [1.807, 2.05) is 0 Å². The van der Waals surface area contributed by atoms with Gasteiger partial charge in [0.15, 0.2) is 23.1 Å². The number of hydrazine groups is 2. The molecule has 0 aromatic rings. The molecule has 0 spiro atoms. The summed E-state index contributed by atoms with van der Waals surface area (Å²) in [4.78, 5) is 237. The Hall–Kier alpha value is -11.5. The molecule has 0 fully saturated rings. The largest absolute Gasteiger partial charge is 0.481 e. The van der Waals surface area contributed by atoms with Crippen LogP contribution in [0.5, 0.6) is 0 Å². The van der Waals surface area contributed by atoms with Crippen molar-refractivity contribution in [2.24, 2.45) is 52.5 Å². The zero-order chi connectivity index (χ0) is 101. The van der Waals surface area contributed by atoms with Crippen molar-refractivity contribution in [2.45, 2.75) is 196 Å². The summed E-state index contributed by atoms with van der Waals surface area (Å²) in [7, 11) is 0. The van der Waals surface area contributed by atoms with E-state index in [-0.39, 0.29) is 170 Å². The van der Waals surface area contributed by atoms with Crippen LogP contribution in [-0.2, 0) is 129 Å². The van der Waals surface area contributed by atoms with E-state index in [0.717, 1.165) is 0 Å². The number of ether oxygens (including phenoxy) is 8. The standard InChI is InChI=1S/C40H65N7O18.C38H59N3O17.C3H7F.C2H4FN3.CH4.FH/c1-24(2)29(19-33(50)30(4-5-34(51)52)44-39(60)26(18-36(55)56)17-28(48)23-41-21-27-22-43-47-46-27)40(61)45-31(20-37(57)58)32(49)16-25(3)38(59)42-7-9-63-11-13-65-15-14-64-12-10-62-8-6-35(53)54;1-5-6-7-26(21-34(48)49)37(53)40-28(8-9-32(44)45)31(43)22-27(24(2)3)38(54)41-29(23-35(50)51)30(42)20-25(4)36(52)39-11-13-56-15-17-58-19-18-57-16-14-55-12-10-33(46)47;1-2-3-4;3-1-2-5-6-4;;/h22,24-26,29-31,41,43,46-47H,4-21,23H2,1-3H3,(H,42,59)(H,44,60)(H,45,61)(H,51,52)(H,53,54)(H,55,56)(H,57,58);1,24-29H,6-23H2,2-4H3,(H,39,52)(H,40,53)(H,41,54)(H,44,45)(H,46,47)(H,48,49)(H,50,51);2-3H2,1H3;1-2H2;1H4;1H/t25-,26+,29+,30+,31+;25-,26+,27+,28+,29+;;;;/m11..../s1/i;;4-1;;;. The van der Waals surface area contributed by atoms with E-state index in [1.165, 1.54) is 13.8 Å². The number of terminal acetylenes is 1. The first-order chi connectivity index (χ1) is 63.0. The summed E-state index contributed by atoms with van der Waals surface area (Å²) in [6.45, 7) is 14.0. The van der Waals surface area contributed by atoms with E-state index in [0.29, 0.717) is 31.9 Å². The van der Waals surface area contributed by atoms with Gasteiger partial charge in [-0.3, -0.25) is 105 Å². The molecule has 1 heterocycles. The highest BCUT2D eigenvalue weighted by atomic mass is 19.1. The number of azide groups is 1. The van der Waals surface area contributed by atoms with Gasteiger partial charge in [0.1, 0.15) is 5.78 Å². The Bertz CT molecular complexity index is 3710. The molecule has 0 saturated carbocycles. The molecule has 10 atom stereocenters. The van der Waals surface area contributed by atoms with Gasteiger partial charge in [0.05, 0.1) is 206 Å². The lowest BCUT2D eigenvalue weighted by Crippen LogP contribution is -2.49. The molecule has 0 aromatic carbocycles. The number of rotatable bonds is 79. The van der Waals surface area contributed by atoms with Crippen molar-refractivity contribution in [3.8, 4) is 12.3 Å². The highest BCUT2D eigenvalue weighted by Crippen LogP contribution is 2.24. The molecule has 1 aliphatic heterocycles. The Morgan fingerprint density at radius 3 is 1.07 bits per heavy atom. The average Bonchev–Trinajstić information content (AvgIpc) is 1.04. The van der Waals surface area contributed by atoms with E-state index in [4.69, 9.17) is 60.1 Å². The molecule has 0 saturated heterocycles. The fourth-order valence-electron chi connectivity index (χ4n) is 11.3. The van der Waals surface area contributed by atoms with Crippen LogP contribution in [0.4, 0.5) is 13.5 Å². The van der Waals surface area contributed by atoms with Crippen molar-refractivity contribution >= 4 is 112 Å². The maximum Gasteiger partial charge on any atom is 0.305 e. The number of nitrogens with zero attached hydrogens (tertiary/aromatic N) is 3. The lowest BCUT2D eigenvalue weighted by molar-refractivity contribution is -0.143. The number of nitrogens with one attached hydrogen (secondary N) is 10. The topological polar surface area (TPSA) is 729 Å². The highest BCUT2D eigenvalue weighted by Gasteiger charge is 2.38. The van der Waals surface area contributed by atoms with E-state index >= 15 is 0 Å². The third-order valence-electron chi connectivity index (χ3n) is 18.5. The van der Waals surface area contributed by atoms with Crippen molar-refractivity contribution in [1.29, 1.82) is 0 Å². The maximum atomic E-state index is 13.7. The number of ketones is 5. The SMILES string of the molecule is C.C#CCC[C@@H](CC(=O)O)C(=O)N[C@@H](CCC(=O)O)C(=O)C[C@H](C(=O)N[C@@H](CC(=O)O)C(=O)C[C@@H](C)C(=O)NCCOCCOCCOCCOCCC(=O)O)C(C)C.CC(C)[C@H](CC(=O)[C@H](CCC(=O)O)NC(=O)[C@H](CC(=O)O)CC(=O)CNCC1=CNNN1)C(=O)N[C@@H](CC(=O)O)C(=O)C[C@@H](C)C(=O)NCCOCCOCCOCCOCCC(=O)O.CCC[18F].F.[N-]=[N+]=NCCF. The third kappa shape index (κ3) is 73.6. The lowest BCUT2D eigenvalue weighted by Gasteiger charge is -2.26.